The Hall–Kier alpha value is -3.84. The number of aliphatic hydroxyl groups is 4. The van der Waals surface area contributed by atoms with E-state index in [9.17, 15) is 45.3 Å². The van der Waals surface area contributed by atoms with Crippen molar-refractivity contribution in [1.29, 1.82) is 0 Å². The highest BCUT2D eigenvalue weighted by molar-refractivity contribution is 5.88. The third kappa shape index (κ3) is 4.54. The number of hydrogen-bond acceptors (Lipinski definition) is 12. The molecule has 0 spiro atoms. The number of phenols is 2. The summed E-state index contributed by atoms with van der Waals surface area (Å²) < 4.78 is 15.5. The van der Waals surface area contributed by atoms with Crippen molar-refractivity contribution in [1.82, 2.24) is 0 Å². The van der Waals surface area contributed by atoms with Gasteiger partial charge in [0, 0.05) is 17.7 Å². The zero-order valence-corrected chi connectivity index (χ0v) is 16.9. The number of phenolic OH excluding ortho intramolecular Hbond substituents is 2. The Morgan fingerprint density at radius 1 is 0.970 bits per heavy atom. The number of fused-ring (bicyclic) bond motifs is 1. The van der Waals surface area contributed by atoms with Crippen LogP contribution < -0.4 is 14.9 Å². The minimum absolute atomic E-state index is 0.0535. The molecule has 3 rings (SSSR count). The molecular weight excluding hydrogens is 444 g/mol. The number of carbonyl (C=O) groups is 1. The van der Waals surface area contributed by atoms with Crippen LogP contribution in [0.5, 0.6) is 28.7 Å². The maximum atomic E-state index is 12.6. The topological polar surface area (TPSA) is 207 Å². The molecule has 4 atom stereocenters. The number of aromatic hydroxyl groups is 3. The summed E-state index contributed by atoms with van der Waals surface area (Å²) in [5.74, 6) is -2.42. The summed E-state index contributed by atoms with van der Waals surface area (Å²) in [5.41, 5.74) is -1.21. The van der Waals surface area contributed by atoms with Crippen molar-refractivity contribution in [2.24, 2.45) is 0 Å². The van der Waals surface area contributed by atoms with Crippen LogP contribution in [0.4, 0.5) is 0 Å². The zero-order chi connectivity index (χ0) is 24.4. The van der Waals surface area contributed by atoms with E-state index in [4.69, 9.17) is 13.9 Å². The van der Waals surface area contributed by atoms with Crippen LogP contribution in [0.1, 0.15) is 0 Å². The number of benzene rings is 2. The van der Waals surface area contributed by atoms with Gasteiger partial charge in [0.05, 0.1) is 7.11 Å². The van der Waals surface area contributed by atoms with Crippen LogP contribution in [0.3, 0.4) is 0 Å². The van der Waals surface area contributed by atoms with Gasteiger partial charge >= 0.3 is 0 Å². The first-order chi connectivity index (χ1) is 15.6. The third-order valence-corrected chi connectivity index (χ3v) is 4.75. The predicted molar refractivity (Wildman–Crippen MR) is 110 cm³/mol. The highest BCUT2D eigenvalue weighted by Gasteiger charge is 2.32. The molecule has 0 aliphatic heterocycles. The fourth-order valence-corrected chi connectivity index (χ4v) is 3.02. The zero-order valence-electron chi connectivity index (χ0n) is 16.9. The molecule has 33 heavy (non-hydrogen) atoms. The fourth-order valence-electron chi connectivity index (χ4n) is 3.02. The van der Waals surface area contributed by atoms with Crippen LogP contribution in [-0.4, -0.2) is 73.7 Å². The highest BCUT2D eigenvalue weighted by atomic mass is 16.6. The molecule has 0 fully saturated rings. The van der Waals surface area contributed by atoms with Crippen molar-refractivity contribution >= 4 is 17.3 Å². The molecule has 1 heterocycles. The van der Waals surface area contributed by atoms with E-state index in [-0.39, 0.29) is 40.4 Å². The first-order valence-electron chi connectivity index (χ1n) is 9.33. The third-order valence-electron chi connectivity index (χ3n) is 4.75. The summed E-state index contributed by atoms with van der Waals surface area (Å²) in [6.45, 7) is 0. The van der Waals surface area contributed by atoms with Gasteiger partial charge in [-0.2, -0.15) is 0 Å². The van der Waals surface area contributed by atoms with Gasteiger partial charge < -0.3 is 54.4 Å². The van der Waals surface area contributed by atoms with Gasteiger partial charge in [-0.25, -0.2) is 0 Å². The number of hydrogen-bond donors (Lipinski definition) is 7. The summed E-state index contributed by atoms with van der Waals surface area (Å²) in [4.78, 5) is 23.1. The molecule has 1 aromatic heterocycles. The van der Waals surface area contributed by atoms with Gasteiger partial charge in [-0.05, 0) is 18.2 Å². The Bertz CT molecular complexity index is 1230. The van der Waals surface area contributed by atoms with Gasteiger partial charge in [0.15, 0.2) is 23.5 Å². The molecule has 7 N–H and O–H groups in total. The highest BCUT2D eigenvalue weighted by Crippen LogP contribution is 2.38. The van der Waals surface area contributed by atoms with E-state index in [2.05, 4.69) is 0 Å². The molecule has 0 bridgehead atoms. The summed E-state index contributed by atoms with van der Waals surface area (Å²) in [6, 6.07) is 5.84. The second-order valence-electron chi connectivity index (χ2n) is 6.93. The minimum atomic E-state index is -2.16. The lowest BCUT2D eigenvalue weighted by Crippen LogP contribution is -2.47. The molecule has 0 amide bonds. The lowest BCUT2D eigenvalue weighted by molar-refractivity contribution is -0.166. The van der Waals surface area contributed by atoms with Crippen molar-refractivity contribution in [3.8, 4) is 40.1 Å². The minimum Gasteiger partial charge on any atom is -0.507 e. The molecule has 0 aliphatic carbocycles. The van der Waals surface area contributed by atoms with Crippen LogP contribution >= 0.6 is 0 Å². The number of rotatable bonds is 8. The van der Waals surface area contributed by atoms with E-state index in [1.807, 2.05) is 0 Å². The molecule has 2 aromatic carbocycles. The number of aliphatic hydroxyl groups excluding tert-OH is 4. The van der Waals surface area contributed by atoms with Gasteiger partial charge in [0.1, 0.15) is 40.8 Å². The van der Waals surface area contributed by atoms with Crippen LogP contribution in [0, 0.1) is 0 Å². The molecule has 0 saturated heterocycles. The first-order valence-corrected chi connectivity index (χ1v) is 9.33. The second-order valence-corrected chi connectivity index (χ2v) is 6.93. The second kappa shape index (κ2) is 9.34. The quantitative estimate of drug-likeness (QED) is 0.167. The van der Waals surface area contributed by atoms with E-state index in [0.717, 1.165) is 12.1 Å². The largest absolute Gasteiger partial charge is 0.507 e. The Morgan fingerprint density at radius 2 is 1.67 bits per heavy atom. The van der Waals surface area contributed by atoms with Gasteiger partial charge in [0.2, 0.25) is 17.5 Å². The van der Waals surface area contributed by atoms with Crippen molar-refractivity contribution in [2.45, 2.75) is 24.6 Å². The molecule has 176 valence electrons. The molecule has 0 aliphatic rings. The van der Waals surface area contributed by atoms with Crippen molar-refractivity contribution in [3.05, 3.63) is 40.6 Å². The molecule has 0 radical (unpaired) electrons. The number of ether oxygens (including phenoxy) is 2. The predicted octanol–water partition coefficient (Wildman–Crippen LogP) is -0.436. The van der Waals surface area contributed by atoms with E-state index >= 15 is 0 Å². The average molecular weight is 464 g/mol. The van der Waals surface area contributed by atoms with Crippen LogP contribution in [0.15, 0.2) is 39.5 Å². The molecule has 0 saturated carbocycles. The number of carbonyl (C=O) groups excluding carboxylic acids is 1. The Kier molecular flexibility index (Phi) is 6.74. The van der Waals surface area contributed by atoms with Crippen LogP contribution in [0.2, 0.25) is 0 Å². The van der Waals surface area contributed by atoms with E-state index in [1.54, 1.807) is 0 Å². The lowest BCUT2D eigenvalue weighted by atomic mass is 10.1. The summed E-state index contributed by atoms with van der Waals surface area (Å²) >= 11 is 0. The van der Waals surface area contributed by atoms with E-state index in [0.29, 0.717) is 0 Å². The van der Waals surface area contributed by atoms with E-state index in [1.165, 1.54) is 25.3 Å². The maximum Gasteiger partial charge on any atom is 0.238 e. The van der Waals surface area contributed by atoms with Crippen molar-refractivity contribution in [2.75, 3.05) is 7.11 Å². The molecule has 12 nitrogen and oxygen atoms in total. The summed E-state index contributed by atoms with van der Waals surface area (Å²) in [7, 11) is 1.33. The molecule has 12 heteroatoms. The van der Waals surface area contributed by atoms with Crippen LogP contribution in [-0.2, 0) is 4.79 Å². The van der Waals surface area contributed by atoms with Crippen molar-refractivity contribution < 1.29 is 54.4 Å². The molecule has 0 unspecified atom stereocenters. The van der Waals surface area contributed by atoms with Crippen LogP contribution in [0.25, 0.3) is 22.3 Å². The van der Waals surface area contributed by atoms with E-state index < -0.39 is 46.9 Å². The average Bonchev–Trinajstić information content (AvgIpc) is 2.79. The summed E-state index contributed by atoms with van der Waals surface area (Å²) in [5, 5.41) is 68.7. The van der Waals surface area contributed by atoms with Gasteiger partial charge in [-0.3, -0.25) is 4.79 Å². The van der Waals surface area contributed by atoms with Crippen molar-refractivity contribution in [3.63, 3.8) is 0 Å². The Balaban J connectivity index is 2.04. The fraction of sp³-hybridized carbons (Fsp3) is 0.238. The lowest BCUT2D eigenvalue weighted by Gasteiger charge is -2.24. The smallest absolute Gasteiger partial charge is 0.238 e. The maximum absolute atomic E-state index is 12.6. The normalized spacial score (nSPS) is 14.9. The summed E-state index contributed by atoms with van der Waals surface area (Å²) in [6.07, 6.45) is -8.40. The number of methoxy groups -OCH3 is 1. The number of aldehydes is 1. The van der Waals surface area contributed by atoms with Gasteiger partial charge in [0.25, 0.3) is 0 Å². The van der Waals surface area contributed by atoms with Gasteiger partial charge in [-0.15, -0.1) is 0 Å². The first kappa shape index (κ1) is 23.8. The Labute approximate surface area is 184 Å². The SMILES string of the molecule is COc1ccc(-c2oc3cc(O[C@@H](O)[C@@H](O)[C@H](O)[C@H](O)C=O)cc(O)c3c(=O)c2O)cc1O. The monoisotopic (exact) mass is 464 g/mol. The standard InChI is InChI=1S/C21H20O12/c1-31-13-3-2-8(4-10(13)23)20-18(28)17(27)15-11(24)5-9(6-14(15)33-20)32-21(30)19(29)16(26)12(25)7-22/h2-7,12,16,19,21,23-26,28-30H,1H3/t12-,16-,19+,21-/m1/s1. The molecule has 3 aromatic rings. The molecular formula is C21H20O12. The van der Waals surface area contributed by atoms with Gasteiger partial charge in [-0.1, -0.05) is 0 Å². The Morgan fingerprint density at radius 3 is 2.27 bits per heavy atom.